The topological polar surface area (TPSA) is 113 Å². The van der Waals surface area contributed by atoms with Crippen LogP contribution in [0.25, 0.3) is 0 Å². The van der Waals surface area contributed by atoms with E-state index in [-0.39, 0.29) is 30.6 Å². The van der Waals surface area contributed by atoms with Gasteiger partial charge in [0.1, 0.15) is 11.5 Å². The van der Waals surface area contributed by atoms with Gasteiger partial charge >= 0.3 is 6.03 Å². The summed E-state index contributed by atoms with van der Waals surface area (Å²) < 4.78 is 17.9. The maximum absolute atomic E-state index is 14.3. The number of urea groups is 1. The second-order valence-electron chi connectivity index (χ2n) is 12.5. The molecule has 3 amide bonds. The van der Waals surface area contributed by atoms with Gasteiger partial charge in [0.25, 0.3) is 5.91 Å². The van der Waals surface area contributed by atoms with Gasteiger partial charge in [0.05, 0.1) is 37.5 Å². The lowest BCUT2D eigenvalue weighted by atomic mass is 10.0. The Morgan fingerprint density at radius 1 is 1.07 bits per heavy atom. The number of anilines is 2. The van der Waals surface area contributed by atoms with Crippen molar-refractivity contribution in [2.75, 3.05) is 57.6 Å². The summed E-state index contributed by atoms with van der Waals surface area (Å²) in [5.74, 6) is 1.69. The first-order valence-corrected chi connectivity index (χ1v) is 15.9. The van der Waals surface area contributed by atoms with Crippen LogP contribution in [-0.4, -0.2) is 92.1 Å². The number of benzene rings is 2. The molecule has 3 N–H and O–H groups in total. The van der Waals surface area contributed by atoms with Crippen molar-refractivity contribution in [1.82, 2.24) is 9.80 Å². The molecule has 0 unspecified atom stereocenters. The number of carbonyl (C=O) groups excluding carboxylic acids is 2. The molecule has 2 aliphatic rings. The molecule has 10 nitrogen and oxygen atoms in total. The van der Waals surface area contributed by atoms with Crippen molar-refractivity contribution in [3.8, 4) is 11.5 Å². The molecule has 0 saturated heterocycles. The monoisotopic (exact) mass is 610 g/mol. The highest BCUT2D eigenvalue weighted by molar-refractivity contribution is 6.02. The lowest BCUT2D eigenvalue weighted by molar-refractivity contribution is -0.0172. The van der Waals surface area contributed by atoms with Crippen molar-refractivity contribution in [3.63, 3.8) is 0 Å². The van der Waals surface area contributed by atoms with Crippen LogP contribution in [0.3, 0.4) is 0 Å². The largest absolute Gasteiger partial charge is 0.497 e. The Hall–Kier alpha value is -3.34. The summed E-state index contributed by atoms with van der Waals surface area (Å²) in [5.41, 5.74) is 1.39. The van der Waals surface area contributed by atoms with Crippen LogP contribution in [0.4, 0.5) is 16.2 Å². The smallest absolute Gasteiger partial charge is 0.323 e. The van der Waals surface area contributed by atoms with Gasteiger partial charge in [0.2, 0.25) is 0 Å². The number of aliphatic hydroxyl groups excluding tert-OH is 1. The Kier molecular flexibility index (Phi) is 12.3. The molecule has 0 radical (unpaired) electrons. The first kappa shape index (κ1) is 33.6. The average molecular weight is 611 g/mol. The molecule has 0 spiro atoms. The molecule has 1 fully saturated rings. The number of likely N-dealkylation sites (N-methyl/N-ethyl adjacent to an activating group) is 1. The van der Waals surface area contributed by atoms with Gasteiger partial charge in [0.15, 0.2) is 0 Å². The second kappa shape index (κ2) is 16.1. The van der Waals surface area contributed by atoms with E-state index < -0.39 is 12.1 Å². The minimum Gasteiger partial charge on any atom is -0.497 e. The maximum Gasteiger partial charge on any atom is 0.323 e. The van der Waals surface area contributed by atoms with Crippen molar-refractivity contribution in [2.24, 2.45) is 11.8 Å². The van der Waals surface area contributed by atoms with E-state index in [4.69, 9.17) is 14.2 Å². The zero-order chi connectivity index (χ0) is 31.6. The molecule has 4 atom stereocenters. The van der Waals surface area contributed by atoms with Crippen LogP contribution in [0.1, 0.15) is 63.2 Å². The fourth-order valence-electron chi connectivity index (χ4n) is 5.55. The van der Waals surface area contributed by atoms with Gasteiger partial charge < -0.3 is 39.8 Å². The maximum atomic E-state index is 14.3. The molecule has 1 aliphatic carbocycles. The number of rotatable bonds is 9. The molecule has 242 valence electrons. The fraction of sp³-hybridized carbons (Fsp3) is 0.588. The number of amides is 3. The van der Waals surface area contributed by atoms with Gasteiger partial charge in [-0.3, -0.25) is 4.79 Å². The molecule has 1 saturated carbocycles. The van der Waals surface area contributed by atoms with Crippen LogP contribution in [0.2, 0.25) is 0 Å². The number of ether oxygens (including phenoxy) is 3. The van der Waals surface area contributed by atoms with E-state index in [0.29, 0.717) is 41.6 Å². The lowest BCUT2D eigenvalue weighted by Crippen LogP contribution is -2.47. The molecule has 10 heteroatoms. The molecule has 44 heavy (non-hydrogen) atoms. The number of nitrogens with one attached hydrogen (secondary N) is 2. The highest BCUT2D eigenvalue weighted by atomic mass is 16.5. The Morgan fingerprint density at radius 2 is 1.77 bits per heavy atom. The summed E-state index contributed by atoms with van der Waals surface area (Å²) in [6.07, 6.45) is 5.11. The lowest BCUT2D eigenvalue weighted by Gasteiger charge is -2.36. The van der Waals surface area contributed by atoms with Crippen molar-refractivity contribution in [3.05, 3.63) is 48.0 Å². The van der Waals surface area contributed by atoms with Crippen LogP contribution in [0.5, 0.6) is 11.5 Å². The minimum absolute atomic E-state index is 0.0254. The zero-order valence-corrected chi connectivity index (χ0v) is 26.9. The van der Waals surface area contributed by atoms with E-state index in [1.807, 2.05) is 13.8 Å². The summed E-state index contributed by atoms with van der Waals surface area (Å²) in [6, 6.07) is 11.3. The van der Waals surface area contributed by atoms with Crippen molar-refractivity contribution in [2.45, 2.75) is 71.1 Å². The molecule has 0 aromatic heterocycles. The van der Waals surface area contributed by atoms with Crippen LogP contribution in [-0.2, 0) is 4.74 Å². The number of hydrogen-bond donors (Lipinski definition) is 3. The predicted molar refractivity (Wildman–Crippen MR) is 173 cm³/mol. The molecule has 0 bridgehead atoms. The normalized spacial score (nSPS) is 22.4. The highest BCUT2D eigenvalue weighted by Crippen LogP contribution is 2.31. The minimum atomic E-state index is -0.442. The van der Waals surface area contributed by atoms with Crippen molar-refractivity contribution >= 4 is 23.3 Å². The van der Waals surface area contributed by atoms with Gasteiger partial charge in [-0.05, 0) is 101 Å². The molecule has 1 heterocycles. The van der Waals surface area contributed by atoms with Crippen LogP contribution >= 0.6 is 0 Å². The molecule has 2 aromatic carbocycles. The summed E-state index contributed by atoms with van der Waals surface area (Å²) in [4.78, 5) is 31.2. The first-order valence-electron chi connectivity index (χ1n) is 15.9. The van der Waals surface area contributed by atoms with E-state index in [0.717, 1.165) is 38.3 Å². The van der Waals surface area contributed by atoms with Gasteiger partial charge in [-0.2, -0.15) is 0 Å². The SMILES string of the molecule is COc1ccc(NC(=O)Nc2ccc3c(c2)C(=O)N([C@H](C)CO)C[C@H](C)[C@H](CN(C)CC2CC2)OCCCC[C@H](C)O3)cc1. The third-order valence-corrected chi connectivity index (χ3v) is 8.42. The Labute approximate surface area is 262 Å². The molecule has 2 aromatic rings. The van der Waals surface area contributed by atoms with Gasteiger partial charge in [0, 0.05) is 43.5 Å². The number of carbonyl (C=O) groups is 2. The van der Waals surface area contributed by atoms with Gasteiger partial charge in [-0.1, -0.05) is 6.92 Å². The number of nitrogens with zero attached hydrogens (tertiary/aromatic N) is 2. The zero-order valence-electron chi connectivity index (χ0n) is 26.9. The van der Waals surface area contributed by atoms with E-state index in [1.54, 1.807) is 54.5 Å². The summed E-state index contributed by atoms with van der Waals surface area (Å²) in [5, 5.41) is 15.8. The predicted octanol–water partition coefficient (Wildman–Crippen LogP) is 5.48. The molecular weight excluding hydrogens is 560 g/mol. The molecule has 4 rings (SSSR count). The van der Waals surface area contributed by atoms with E-state index in [9.17, 15) is 14.7 Å². The molecule has 1 aliphatic heterocycles. The molecular formula is C34H50N4O6. The highest BCUT2D eigenvalue weighted by Gasteiger charge is 2.31. The van der Waals surface area contributed by atoms with Crippen molar-refractivity contribution < 1.29 is 28.9 Å². The summed E-state index contributed by atoms with van der Waals surface area (Å²) in [6.45, 7) is 8.71. The first-order chi connectivity index (χ1) is 21.2. The Bertz CT molecular complexity index is 1220. The fourth-order valence-corrected chi connectivity index (χ4v) is 5.55. The number of aliphatic hydroxyl groups is 1. The second-order valence-corrected chi connectivity index (χ2v) is 12.5. The number of methoxy groups -OCH3 is 1. The quantitative estimate of drug-likeness (QED) is 0.345. The van der Waals surface area contributed by atoms with Crippen LogP contribution < -0.4 is 20.1 Å². The third kappa shape index (κ3) is 9.84. The summed E-state index contributed by atoms with van der Waals surface area (Å²) in [7, 11) is 3.73. The number of fused-ring (bicyclic) bond motifs is 1. The van der Waals surface area contributed by atoms with Gasteiger partial charge in [-0.25, -0.2) is 4.79 Å². The third-order valence-electron chi connectivity index (χ3n) is 8.42. The van der Waals surface area contributed by atoms with Crippen LogP contribution in [0, 0.1) is 11.8 Å². The van der Waals surface area contributed by atoms with Gasteiger partial charge in [-0.15, -0.1) is 0 Å². The van der Waals surface area contributed by atoms with E-state index in [1.165, 1.54) is 12.8 Å². The Balaban J connectivity index is 1.57. The Morgan fingerprint density at radius 3 is 2.45 bits per heavy atom. The van der Waals surface area contributed by atoms with Crippen molar-refractivity contribution in [1.29, 1.82) is 0 Å². The van der Waals surface area contributed by atoms with Crippen LogP contribution in [0.15, 0.2) is 42.5 Å². The van der Waals surface area contributed by atoms with E-state index in [2.05, 4.69) is 29.5 Å². The van der Waals surface area contributed by atoms with E-state index >= 15 is 0 Å². The standard InChI is InChI=1S/C34H50N4O6/c1-23-19-38(24(2)22-39)33(40)30-18-28(36-34(41)35-27-11-14-29(42-5)15-12-27)13-16-31(30)44-25(3)8-6-7-17-43-32(23)21-37(4)20-26-9-10-26/h11-16,18,23-26,32,39H,6-10,17,19-22H2,1-5H3,(H2,35,36,41)/t23-,24+,25-,32-/m0/s1. The number of hydrogen-bond acceptors (Lipinski definition) is 7. The average Bonchev–Trinajstić information content (AvgIpc) is 3.82. The summed E-state index contributed by atoms with van der Waals surface area (Å²) >= 11 is 0.